The number of hydrogen-bond acceptors (Lipinski definition) is 3. The Morgan fingerprint density at radius 2 is 1.56 bits per heavy atom. The van der Waals surface area contributed by atoms with E-state index in [0.717, 1.165) is 52.6 Å². The first-order valence-electron chi connectivity index (χ1n) is 9.21. The summed E-state index contributed by atoms with van der Waals surface area (Å²) in [5.74, 6) is 0.729. The molecule has 3 aromatic rings. The first-order valence-corrected chi connectivity index (χ1v) is 9.59. The Balaban J connectivity index is 1.88. The van der Waals surface area contributed by atoms with Gasteiger partial charge in [0.15, 0.2) is 0 Å². The van der Waals surface area contributed by atoms with Crippen LogP contribution in [-0.2, 0) is 12.8 Å². The molecule has 0 bridgehead atoms. The predicted molar refractivity (Wildman–Crippen MR) is 109 cm³/mol. The highest BCUT2D eigenvalue weighted by atomic mass is 35.5. The van der Waals surface area contributed by atoms with Crippen molar-refractivity contribution in [3.05, 3.63) is 74.3 Å². The molecule has 2 aromatic carbocycles. The molecule has 0 spiro atoms. The van der Waals surface area contributed by atoms with Crippen LogP contribution >= 0.6 is 11.6 Å². The SMILES string of the molecule is Cc1cc(-c2ccc(Cl)cc2)cc(C)c1-c1c(O)c2c(oc1=O)CCCC2. The van der Waals surface area contributed by atoms with Gasteiger partial charge in [0.25, 0.3) is 0 Å². The molecular weight excluding hydrogens is 360 g/mol. The Hall–Kier alpha value is -2.52. The van der Waals surface area contributed by atoms with Crippen molar-refractivity contribution in [3.63, 3.8) is 0 Å². The number of halogens is 1. The van der Waals surface area contributed by atoms with E-state index in [0.29, 0.717) is 17.2 Å². The van der Waals surface area contributed by atoms with E-state index in [1.165, 1.54) is 0 Å². The van der Waals surface area contributed by atoms with Gasteiger partial charge in [0, 0.05) is 17.0 Å². The Kier molecular flexibility index (Phi) is 4.56. The Labute approximate surface area is 163 Å². The summed E-state index contributed by atoms with van der Waals surface area (Å²) in [5.41, 5.74) is 5.33. The van der Waals surface area contributed by atoms with Gasteiger partial charge in [-0.15, -0.1) is 0 Å². The molecule has 1 heterocycles. The van der Waals surface area contributed by atoms with Gasteiger partial charge in [-0.05, 0) is 73.1 Å². The molecular formula is C23H21ClO3. The van der Waals surface area contributed by atoms with Crippen LogP contribution < -0.4 is 5.63 Å². The third-order valence-corrected chi connectivity index (χ3v) is 5.57. The molecule has 1 aromatic heterocycles. The molecule has 4 heteroatoms. The molecule has 3 nitrogen and oxygen atoms in total. The summed E-state index contributed by atoms with van der Waals surface area (Å²) in [6.45, 7) is 3.92. The molecule has 0 radical (unpaired) electrons. The van der Waals surface area contributed by atoms with Crippen LogP contribution in [0.2, 0.25) is 5.02 Å². The van der Waals surface area contributed by atoms with Gasteiger partial charge >= 0.3 is 5.63 Å². The summed E-state index contributed by atoms with van der Waals surface area (Å²) >= 11 is 5.99. The Morgan fingerprint density at radius 3 is 2.22 bits per heavy atom. The molecule has 0 aliphatic heterocycles. The number of rotatable bonds is 2. The van der Waals surface area contributed by atoms with Crippen molar-refractivity contribution in [2.24, 2.45) is 0 Å². The average Bonchev–Trinajstić information content (AvgIpc) is 2.64. The minimum Gasteiger partial charge on any atom is -0.507 e. The van der Waals surface area contributed by atoms with E-state index in [-0.39, 0.29) is 11.3 Å². The van der Waals surface area contributed by atoms with Crippen LogP contribution in [0.1, 0.15) is 35.3 Å². The molecule has 0 amide bonds. The largest absolute Gasteiger partial charge is 0.507 e. The first kappa shape index (κ1) is 17.9. The molecule has 0 saturated heterocycles. The molecule has 4 rings (SSSR count). The number of benzene rings is 2. The van der Waals surface area contributed by atoms with Crippen molar-refractivity contribution in [1.29, 1.82) is 0 Å². The average molecular weight is 381 g/mol. The van der Waals surface area contributed by atoms with Crippen molar-refractivity contribution in [3.8, 4) is 28.0 Å². The van der Waals surface area contributed by atoms with Crippen LogP contribution in [0.15, 0.2) is 45.6 Å². The number of aryl methyl sites for hydroxylation is 3. The van der Waals surface area contributed by atoms with E-state index in [4.69, 9.17) is 16.0 Å². The zero-order valence-electron chi connectivity index (χ0n) is 15.4. The van der Waals surface area contributed by atoms with Crippen molar-refractivity contribution in [2.75, 3.05) is 0 Å². The molecule has 138 valence electrons. The summed E-state index contributed by atoms with van der Waals surface area (Å²) in [6, 6.07) is 11.7. The first-order chi connectivity index (χ1) is 13.0. The van der Waals surface area contributed by atoms with Gasteiger partial charge in [0.1, 0.15) is 17.1 Å². The van der Waals surface area contributed by atoms with Crippen molar-refractivity contribution >= 4 is 11.6 Å². The standard InChI is InChI=1S/C23H21ClO3/c1-13-11-16(15-7-9-17(24)10-8-15)12-14(2)20(13)21-22(25)18-5-3-4-6-19(18)27-23(21)26/h7-12,25H,3-6H2,1-2H3. The summed E-state index contributed by atoms with van der Waals surface area (Å²) in [7, 11) is 0. The van der Waals surface area contributed by atoms with Crippen molar-refractivity contribution in [2.45, 2.75) is 39.5 Å². The van der Waals surface area contributed by atoms with E-state index < -0.39 is 5.63 Å². The fraction of sp³-hybridized carbons (Fsp3) is 0.261. The summed E-state index contributed by atoms with van der Waals surface area (Å²) in [6.07, 6.45) is 3.45. The molecule has 1 aliphatic rings. The summed E-state index contributed by atoms with van der Waals surface area (Å²) in [4.78, 5) is 12.7. The predicted octanol–water partition coefficient (Wildman–Crippen LogP) is 5.83. The number of hydrogen-bond donors (Lipinski definition) is 1. The van der Waals surface area contributed by atoms with Gasteiger partial charge in [-0.25, -0.2) is 4.79 Å². The van der Waals surface area contributed by atoms with Gasteiger partial charge in [0.05, 0.1) is 0 Å². The maximum absolute atomic E-state index is 12.7. The second-order valence-corrected chi connectivity index (χ2v) is 7.65. The fourth-order valence-corrected chi connectivity index (χ4v) is 4.16. The van der Waals surface area contributed by atoms with Gasteiger partial charge in [-0.2, -0.15) is 0 Å². The highest BCUT2D eigenvalue weighted by molar-refractivity contribution is 6.30. The molecule has 1 aliphatic carbocycles. The minimum atomic E-state index is -0.460. The molecule has 27 heavy (non-hydrogen) atoms. The Bertz CT molecular complexity index is 1060. The van der Waals surface area contributed by atoms with Crippen LogP contribution in [-0.4, -0.2) is 5.11 Å². The topological polar surface area (TPSA) is 50.4 Å². The monoisotopic (exact) mass is 380 g/mol. The quantitative estimate of drug-likeness (QED) is 0.608. The number of aromatic hydroxyl groups is 1. The van der Waals surface area contributed by atoms with E-state index in [2.05, 4.69) is 0 Å². The zero-order valence-corrected chi connectivity index (χ0v) is 16.2. The fourth-order valence-electron chi connectivity index (χ4n) is 4.04. The second-order valence-electron chi connectivity index (χ2n) is 7.21. The van der Waals surface area contributed by atoms with Crippen LogP contribution in [0.25, 0.3) is 22.3 Å². The van der Waals surface area contributed by atoms with Gasteiger partial charge < -0.3 is 9.52 Å². The normalized spacial score (nSPS) is 13.4. The lowest BCUT2D eigenvalue weighted by atomic mass is 9.89. The van der Waals surface area contributed by atoms with Crippen molar-refractivity contribution in [1.82, 2.24) is 0 Å². The summed E-state index contributed by atoms with van der Waals surface area (Å²) < 4.78 is 5.57. The maximum atomic E-state index is 12.7. The second kappa shape index (κ2) is 6.90. The minimum absolute atomic E-state index is 0.0893. The van der Waals surface area contributed by atoms with Gasteiger partial charge in [-0.1, -0.05) is 35.9 Å². The zero-order chi connectivity index (χ0) is 19.1. The molecule has 0 atom stereocenters. The van der Waals surface area contributed by atoms with Crippen LogP contribution in [0, 0.1) is 13.8 Å². The Morgan fingerprint density at radius 1 is 0.926 bits per heavy atom. The lowest BCUT2D eigenvalue weighted by Crippen LogP contribution is -2.13. The van der Waals surface area contributed by atoms with Crippen molar-refractivity contribution < 1.29 is 9.52 Å². The maximum Gasteiger partial charge on any atom is 0.347 e. The van der Waals surface area contributed by atoms with E-state index in [1.54, 1.807) is 0 Å². The lowest BCUT2D eigenvalue weighted by Gasteiger charge is -2.19. The lowest BCUT2D eigenvalue weighted by molar-refractivity contribution is 0.396. The third-order valence-electron chi connectivity index (χ3n) is 5.32. The van der Waals surface area contributed by atoms with Crippen LogP contribution in [0.5, 0.6) is 5.75 Å². The molecule has 0 unspecified atom stereocenters. The van der Waals surface area contributed by atoms with Gasteiger partial charge in [-0.3, -0.25) is 0 Å². The smallest absolute Gasteiger partial charge is 0.347 e. The van der Waals surface area contributed by atoms with Crippen LogP contribution in [0.3, 0.4) is 0 Å². The molecule has 0 fully saturated rings. The van der Waals surface area contributed by atoms with E-state index in [9.17, 15) is 9.90 Å². The summed E-state index contributed by atoms with van der Waals surface area (Å²) in [5, 5.41) is 11.6. The highest BCUT2D eigenvalue weighted by Crippen LogP contribution is 2.39. The van der Waals surface area contributed by atoms with E-state index in [1.807, 2.05) is 50.2 Å². The third kappa shape index (κ3) is 3.17. The molecule has 1 N–H and O–H groups in total. The number of fused-ring (bicyclic) bond motifs is 1. The van der Waals surface area contributed by atoms with E-state index >= 15 is 0 Å². The van der Waals surface area contributed by atoms with Gasteiger partial charge in [0.2, 0.25) is 0 Å². The highest BCUT2D eigenvalue weighted by Gasteiger charge is 2.24. The molecule has 0 saturated carbocycles. The van der Waals surface area contributed by atoms with Crippen LogP contribution in [0.4, 0.5) is 0 Å².